The first-order valence-corrected chi connectivity index (χ1v) is 28.6. The van der Waals surface area contributed by atoms with Crippen molar-refractivity contribution in [3.63, 3.8) is 0 Å². The molecule has 6 fully saturated rings. The Balaban J connectivity index is 0.000000201. The number of carbonyl (C=O) groups is 6. The molecule has 6 aromatic carbocycles. The van der Waals surface area contributed by atoms with E-state index in [-0.39, 0.29) is 79.8 Å². The number of fused-ring (bicyclic) bond motifs is 6. The van der Waals surface area contributed by atoms with E-state index in [1.54, 1.807) is 104 Å². The van der Waals surface area contributed by atoms with Gasteiger partial charge in [-0.15, -0.1) is 11.4 Å². The Morgan fingerprint density at radius 3 is 1.27 bits per heavy atom. The minimum Gasteiger partial charge on any atom is -0.626 e. The molecule has 2 aliphatic heterocycles. The van der Waals surface area contributed by atoms with E-state index < -0.39 is 71.8 Å². The Morgan fingerprint density at radius 2 is 0.919 bits per heavy atom. The Morgan fingerprint density at radius 1 is 0.558 bits per heavy atom. The summed E-state index contributed by atoms with van der Waals surface area (Å²) in [5.41, 5.74) is 4.63. The molecular formula is C67H64F2N6Ni2O9+2. The number of nitrogens with zero attached hydrogens (tertiary/aromatic N) is 6. The molecule has 12 rings (SSSR count). The van der Waals surface area contributed by atoms with Crippen LogP contribution in [0, 0.1) is 22.7 Å². The van der Waals surface area contributed by atoms with E-state index in [4.69, 9.17) is 4.74 Å². The SMILES string of the molecule is CC(=O)C([18F])CC(N=C(c1ccccc1)c1ccccc1[N-]C(=O)C12CCC1C21CN1Cc1ccccc1)C(=O)O.CCOC(=O)C([18F])CC(N=C(c1ccccc1)c1ccccc1[N-]C(=O)C12CCC1C21CN1Cc1ccccc1)C(=O)O.[Ni+2].[Ni+2]. The fraction of sp³-hybridized carbons (Fsp3) is 0.343. The van der Waals surface area contributed by atoms with E-state index in [0.29, 0.717) is 39.5 Å². The number of aliphatic imine (C=N–C) groups is 2. The summed E-state index contributed by atoms with van der Waals surface area (Å²) in [6, 6.07) is 49.2. The number of aliphatic carboxylic acids is 2. The number of rotatable bonds is 23. The fourth-order valence-electron chi connectivity index (χ4n) is 13.7. The minimum atomic E-state index is -2.15. The van der Waals surface area contributed by atoms with Gasteiger partial charge in [-0.2, -0.15) is 0 Å². The molecule has 2 saturated heterocycles. The zero-order valence-corrected chi connectivity index (χ0v) is 49.2. The molecule has 2 amide bonds. The molecule has 12 unspecified atom stereocenters. The maximum Gasteiger partial charge on any atom is 2.00 e. The van der Waals surface area contributed by atoms with Gasteiger partial charge < -0.3 is 35.2 Å². The van der Waals surface area contributed by atoms with Crippen LogP contribution in [0.1, 0.15) is 85.8 Å². The van der Waals surface area contributed by atoms with Crippen molar-refractivity contribution >= 4 is 58.3 Å². The second-order valence-corrected chi connectivity index (χ2v) is 22.7. The van der Waals surface area contributed by atoms with E-state index in [2.05, 4.69) is 54.7 Å². The predicted molar refractivity (Wildman–Crippen MR) is 312 cm³/mol. The summed E-state index contributed by atoms with van der Waals surface area (Å²) in [6.07, 6.45) is -1.77. The van der Waals surface area contributed by atoms with E-state index >= 15 is 0 Å². The number of hydrogen-bond donors (Lipinski definition) is 2. The summed E-state index contributed by atoms with van der Waals surface area (Å²) >= 11 is 0. The van der Waals surface area contributed by atoms with Gasteiger partial charge in [0, 0.05) is 72.1 Å². The first-order valence-electron chi connectivity index (χ1n) is 28.6. The number of ketones is 1. The summed E-state index contributed by atoms with van der Waals surface area (Å²) in [5.74, 6) is -4.32. The van der Waals surface area contributed by atoms with Crippen LogP contribution in [0.25, 0.3) is 10.6 Å². The molecule has 2 spiro atoms. The largest absolute Gasteiger partial charge is 2.00 e. The molecular weight excluding hydrogens is 1190 g/mol. The number of carbonyl (C=O) groups excluding carboxylic acids is 4. The third-order valence-electron chi connectivity index (χ3n) is 18.2. The molecule has 4 aliphatic carbocycles. The van der Waals surface area contributed by atoms with Crippen LogP contribution in [0.2, 0.25) is 0 Å². The van der Waals surface area contributed by atoms with E-state index in [1.165, 1.54) is 11.1 Å². The van der Waals surface area contributed by atoms with Gasteiger partial charge >= 0.3 is 50.9 Å². The summed E-state index contributed by atoms with van der Waals surface area (Å²) in [7, 11) is 0. The predicted octanol–water partition coefficient (Wildman–Crippen LogP) is 11.0. The molecule has 6 aliphatic rings. The van der Waals surface area contributed by atoms with Crippen LogP contribution < -0.4 is 0 Å². The molecule has 12 atom stereocenters. The first-order chi connectivity index (χ1) is 40.6. The van der Waals surface area contributed by atoms with E-state index in [9.17, 15) is 47.8 Å². The second-order valence-electron chi connectivity index (χ2n) is 22.7. The number of benzene rings is 6. The maximum absolute atomic E-state index is 14.7. The van der Waals surface area contributed by atoms with Gasteiger partial charge in [0.25, 0.3) is 0 Å². The number of ether oxygens (including phenoxy) is 1. The van der Waals surface area contributed by atoms with Crippen molar-refractivity contribution in [1.29, 1.82) is 0 Å². The number of carboxylic acid groups (broad SMARTS) is 2. The number of alkyl halides is 2. The van der Waals surface area contributed by atoms with Crippen LogP contribution >= 0.6 is 0 Å². The average molecular weight is 1250 g/mol. The van der Waals surface area contributed by atoms with Crippen molar-refractivity contribution in [1.82, 2.24) is 9.80 Å². The average Bonchev–Trinajstić information content (AvgIpc) is 1.44. The third-order valence-corrected chi connectivity index (χ3v) is 18.2. The van der Waals surface area contributed by atoms with Gasteiger partial charge in [0.2, 0.25) is 0 Å². The van der Waals surface area contributed by atoms with E-state index in [0.717, 1.165) is 58.8 Å². The number of para-hydroxylation sites is 2. The molecule has 15 nitrogen and oxygen atoms in total. The van der Waals surface area contributed by atoms with Gasteiger partial charge in [-0.05, 0) is 73.6 Å². The van der Waals surface area contributed by atoms with Crippen LogP contribution in [0.5, 0.6) is 0 Å². The van der Waals surface area contributed by atoms with Crippen LogP contribution in [-0.4, -0.2) is 122 Å². The minimum absolute atomic E-state index is 0. The summed E-state index contributed by atoms with van der Waals surface area (Å²) < 4.78 is 33.7. The standard InChI is InChI=1S/C34H34FN3O5.C33H32FN3O4.2Ni/c1-2-43-31(41)25(35)19-27(30(39)40)36-29(23-13-7-4-8-14-23)24-15-9-10-16-26(24)37-32(42)33-18-17-28(33)34(33)21-38(34)20-22-11-5-3-6-12-22;1-21(38)25(34)18-27(30(39)40)35-29(23-12-6-3-7-13-23)24-14-8-9-15-26(24)36-31(41)32-17-16-28(32)33(32)20-37(33)19-22-10-4-2-5-11-22;;/h3-16,25,27-28H,2,17-21H2,1H3,(H2,36,37,39,40,42);2-15,25,27-28H,16-20H2,1H3,(H2,35,36,39,40,41);;/q;;2*+2/p-2/i35-1;34-1;;. The molecule has 2 N–H and O–H groups in total. The van der Waals surface area contributed by atoms with Crippen LogP contribution in [-0.2, 0) is 79.6 Å². The topological polar surface area (TPSA) is 211 Å². The molecule has 0 aromatic heterocycles. The Labute approximate surface area is 518 Å². The molecule has 2 heterocycles. The van der Waals surface area contributed by atoms with Crippen molar-refractivity contribution in [2.45, 2.75) is 101 Å². The van der Waals surface area contributed by atoms with Gasteiger partial charge in [-0.25, -0.2) is 23.2 Å². The smallest absolute Gasteiger partial charge is 0.626 e. The van der Waals surface area contributed by atoms with Crippen LogP contribution in [0.15, 0.2) is 180 Å². The van der Waals surface area contributed by atoms with Gasteiger partial charge in [0.1, 0.15) is 0 Å². The first kappa shape index (κ1) is 63.0. The van der Waals surface area contributed by atoms with Gasteiger partial charge in [-0.1, -0.05) is 170 Å². The summed E-state index contributed by atoms with van der Waals surface area (Å²) in [5, 5.41) is 29.0. The number of hydrogen-bond acceptors (Lipinski definition) is 11. The third kappa shape index (κ3) is 11.6. The van der Waals surface area contributed by atoms with Crippen molar-refractivity contribution in [3.8, 4) is 0 Å². The number of Topliss-reactive ketones (excluding diaryl/α,β-unsaturated/α-hetero) is 1. The maximum atomic E-state index is 14.7. The van der Waals surface area contributed by atoms with Crippen molar-refractivity contribution < 1.29 is 85.5 Å². The van der Waals surface area contributed by atoms with Gasteiger partial charge in [0.15, 0.2) is 30.2 Å². The zero-order chi connectivity index (χ0) is 59.0. The molecule has 19 heteroatoms. The molecule has 4 saturated carbocycles. The number of carboxylic acids is 2. The molecule has 448 valence electrons. The Kier molecular flexibility index (Phi) is 18.9. The Bertz CT molecular complexity index is 3570. The number of halogens is 2. The van der Waals surface area contributed by atoms with E-state index in [1.807, 2.05) is 48.5 Å². The van der Waals surface area contributed by atoms with Gasteiger partial charge in [0.05, 0.1) is 29.8 Å². The monoisotopic (exact) mass is 1250 g/mol. The zero-order valence-electron chi connectivity index (χ0n) is 47.2. The molecule has 0 bridgehead atoms. The van der Waals surface area contributed by atoms with Gasteiger partial charge in [-0.3, -0.25) is 24.6 Å². The normalized spacial score (nSPS) is 26.2. The van der Waals surface area contributed by atoms with Crippen LogP contribution in [0.4, 0.5) is 20.2 Å². The summed E-state index contributed by atoms with van der Waals surface area (Å²) in [6.45, 7) is 5.97. The second kappa shape index (κ2) is 25.8. The van der Waals surface area contributed by atoms with Crippen LogP contribution in [0.3, 0.4) is 0 Å². The van der Waals surface area contributed by atoms with Crippen molar-refractivity contribution in [2.24, 2.45) is 32.7 Å². The summed E-state index contributed by atoms with van der Waals surface area (Å²) in [4.78, 5) is 89.2. The quantitative estimate of drug-likeness (QED) is 0.0267. The molecule has 0 radical (unpaired) electrons. The fourth-order valence-corrected chi connectivity index (χ4v) is 13.7. The van der Waals surface area contributed by atoms with Crippen molar-refractivity contribution in [2.75, 3.05) is 19.7 Å². The number of esters is 1. The Hall–Kier alpha value is -7.55. The number of amides is 2. The molecule has 86 heavy (non-hydrogen) atoms. The van der Waals surface area contributed by atoms with Crippen molar-refractivity contribution in [3.05, 3.63) is 214 Å². The molecule has 6 aromatic rings.